The van der Waals surface area contributed by atoms with Gasteiger partial charge in [0.05, 0.1) is 25.2 Å². The molecule has 4 rings (SSSR count). The second-order valence-corrected chi connectivity index (χ2v) is 9.43. The number of ether oxygens (including phenoxy) is 3. The Bertz CT molecular complexity index is 1410. The van der Waals surface area contributed by atoms with E-state index in [1.807, 2.05) is 0 Å². The minimum atomic E-state index is -3.66. The predicted octanol–water partition coefficient (Wildman–Crippen LogP) is 1.62. The molecule has 1 N–H and O–H groups in total. The van der Waals surface area contributed by atoms with Gasteiger partial charge in [-0.15, -0.1) is 0 Å². The van der Waals surface area contributed by atoms with Crippen molar-refractivity contribution in [1.29, 1.82) is 0 Å². The van der Waals surface area contributed by atoms with Crippen LogP contribution in [0.4, 0.5) is 5.69 Å². The van der Waals surface area contributed by atoms with E-state index in [4.69, 9.17) is 18.6 Å². The number of morpholine rings is 1. The molecule has 1 saturated heterocycles. The van der Waals surface area contributed by atoms with Crippen molar-refractivity contribution in [3.05, 3.63) is 64.5 Å². The minimum Gasteiger partial charge on any atom is -0.493 e. The first kappa shape index (κ1) is 24.4. The summed E-state index contributed by atoms with van der Waals surface area (Å²) in [4.78, 5) is 36.9. The highest BCUT2D eigenvalue weighted by molar-refractivity contribution is 7.89. The van der Waals surface area contributed by atoms with Crippen LogP contribution < -0.4 is 15.7 Å². The molecule has 0 unspecified atom stereocenters. The van der Waals surface area contributed by atoms with Gasteiger partial charge in [-0.25, -0.2) is 18.0 Å². The van der Waals surface area contributed by atoms with Crippen molar-refractivity contribution in [2.24, 2.45) is 0 Å². The molecule has 3 aromatic rings. The summed E-state index contributed by atoms with van der Waals surface area (Å²) in [5.41, 5.74) is -0.793. The number of para-hydroxylation sites is 1. The Morgan fingerprint density at radius 3 is 2.49 bits per heavy atom. The maximum atomic E-state index is 12.7. The SMILES string of the molecule is COc1cccc2cc(C(=O)OCC(=O)Nc3ccc(S(=O)(=O)N4CCOCC4)cc3)c(=O)oc12. The van der Waals surface area contributed by atoms with Crippen molar-refractivity contribution in [3.63, 3.8) is 0 Å². The maximum absolute atomic E-state index is 12.7. The molecule has 12 heteroatoms. The van der Waals surface area contributed by atoms with Crippen molar-refractivity contribution < 1.29 is 36.6 Å². The zero-order valence-corrected chi connectivity index (χ0v) is 19.5. The molecule has 1 aliphatic rings. The van der Waals surface area contributed by atoms with Crippen molar-refractivity contribution >= 4 is 38.6 Å². The number of esters is 1. The molecule has 184 valence electrons. The lowest BCUT2D eigenvalue weighted by Gasteiger charge is -2.26. The van der Waals surface area contributed by atoms with Crippen LogP contribution in [0, 0.1) is 0 Å². The van der Waals surface area contributed by atoms with Gasteiger partial charge in [0, 0.05) is 24.2 Å². The van der Waals surface area contributed by atoms with Gasteiger partial charge in [0.2, 0.25) is 10.0 Å². The van der Waals surface area contributed by atoms with Crippen LogP contribution in [0.5, 0.6) is 5.75 Å². The normalized spacial score (nSPS) is 14.4. The van der Waals surface area contributed by atoms with Crippen molar-refractivity contribution in [2.45, 2.75) is 4.90 Å². The number of fused-ring (bicyclic) bond motifs is 1. The quantitative estimate of drug-likeness (QED) is 0.377. The largest absolute Gasteiger partial charge is 0.493 e. The molecule has 2 aromatic carbocycles. The number of carbonyl (C=O) groups is 2. The van der Waals surface area contributed by atoms with Gasteiger partial charge in [0.1, 0.15) is 5.56 Å². The molecule has 0 saturated carbocycles. The molecular formula is C23H22N2O9S. The van der Waals surface area contributed by atoms with E-state index in [1.165, 1.54) is 41.7 Å². The zero-order valence-electron chi connectivity index (χ0n) is 18.7. The highest BCUT2D eigenvalue weighted by Gasteiger charge is 2.26. The van der Waals surface area contributed by atoms with Crippen LogP contribution in [0.25, 0.3) is 11.0 Å². The molecule has 0 aliphatic carbocycles. The van der Waals surface area contributed by atoms with E-state index < -0.39 is 34.1 Å². The molecule has 35 heavy (non-hydrogen) atoms. The lowest BCUT2D eigenvalue weighted by molar-refractivity contribution is -0.119. The maximum Gasteiger partial charge on any atom is 0.351 e. The van der Waals surface area contributed by atoms with Crippen LogP contribution in [-0.4, -0.2) is 64.6 Å². The molecule has 0 bridgehead atoms. The minimum absolute atomic E-state index is 0.0866. The average Bonchev–Trinajstić information content (AvgIpc) is 2.87. The van der Waals surface area contributed by atoms with Gasteiger partial charge in [-0.2, -0.15) is 4.31 Å². The number of nitrogens with zero attached hydrogens (tertiary/aromatic N) is 1. The first-order valence-corrected chi connectivity index (χ1v) is 12.0. The third kappa shape index (κ3) is 5.34. The molecule has 0 spiro atoms. The topological polar surface area (TPSA) is 141 Å². The number of anilines is 1. The molecule has 1 aliphatic heterocycles. The fourth-order valence-electron chi connectivity index (χ4n) is 3.47. The van der Waals surface area contributed by atoms with Gasteiger partial charge in [-0.05, 0) is 36.4 Å². The fourth-order valence-corrected chi connectivity index (χ4v) is 4.88. The average molecular weight is 503 g/mol. The third-order valence-electron chi connectivity index (χ3n) is 5.24. The molecule has 1 aromatic heterocycles. The van der Waals surface area contributed by atoms with E-state index >= 15 is 0 Å². The molecule has 0 atom stereocenters. The fraction of sp³-hybridized carbons (Fsp3) is 0.261. The van der Waals surface area contributed by atoms with Crippen molar-refractivity contribution in [3.8, 4) is 5.75 Å². The van der Waals surface area contributed by atoms with Gasteiger partial charge < -0.3 is 23.9 Å². The number of amides is 1. The van der Waals surface area contributed by atoms with E-state index in [0.717, 1.165) is 0 Å². The monoisotopic (exact) mass is 502 g/mol. The van der Waals surface area contributed by atoms with Gasteiger partial charge in [-0.1, -0.05) is 12.1 Å². The standard InChI is InChI=1S/C23H22N2O9S/c1-31-19-4-2-3-15-13-18(23(28)34-21(15)19)22(27)33-14-20(26)24-16-5-7-17(8-6-16)35(29,30)25-9-11-32-12-10-25/h2-8,13H,9-12,14H2,1H3,(H,24,26). The molecule has 2 heterocycles. The van der Waals surface area contributed by atoms with Gasteiger partial charge in [0.25, 0.3) is 5.91 Å². The van der Waals surface area contributed by atoms with E-state index in [-0.39, 0.29) is 29.1 Å². The molecule has 11 nitrogen and oxygen atoms in total. The van der Waals surface area contributed by atoms with Crippen LogP contribution in [0.2, 0.25) is 0 Å². The molecule has 1 fully saturated rings. The highest BCUT2D eigenvalue weighted by Crippen LogP contribution is 2.24. The summed E-state index contributed by atoms with van der Waals surface area (Å²) in [6, 6.07) is 11.8. The lowest BCUT2D eigenvalue weighted by atomic mass is 10.2. The number of hydrogen-bond donors (Lipinski definition) is 1. The van der Waals surface area contributed by atoms with E-state index in [1.54, 1.807) is 18.2 Å². The Kier molecular flexibility index (Phi) is 7.15. The zero-order chi connectivity index (χ0) is 25.0. The second kappa shape index (κ2) is 10.3. The van der Waals surface area contributed by atoms with Crippen molar-refractivity contribution in [1.82, 2.24) is 4.31 Å². The Hall–Kier alpha value is -3.74. The smallest absolute Gasteiger partial charge is 0.351 e. The first-order chi connectivity index (χ1) is 16.8. The highest BCUT2D eigenvalue weighted by atomic mass is 32.2. The third-order valence-corrected chi connectivity index (χ3v) is 7.16. The van der Waals surface area contributed by atoms with Crippen LogP contribution in [0.15, 0.2) is 62.6 Å². The number of rotatable bonds is 7. The number of hydrogen-bond acceptors (Lipinski definition) is 9. The van der Waals surface area contributed by atoms with Gasteiger partial charge >= 0.3 is 11.6 Å². The number of methoxy groups -OCH3 is 1. The number of carbonyl (C=O) groups excluding carboxylic acids is 2. The van der Waals surface area contributed by atoms with Crippen LogP contribution in [0.3, 0.4) is 0 Å². The van der Waals surface area contributed by atoms with E-state index in [9.17, 15) is 22.8 Å². The number of benzene rings is 2. The summed E-state index contributed by atoms with van der Waals surface area (Å²) in [7, 11) is -2.24. The summed E-state index contributed by atoms with van der Waals surface area (Å²) in [6.45, 7) is 0.551. The summed E-state index contributed by atoms with van der Waals surface area (Å²) >= 11 is 0. The van der Waals surface area contributed by atoms with Crippen LogP contribution in [0.1, 0.15) is 10.4 Å². The van der Waals surface area contributed by atoms with Crippen molar-refractivity contribution in [2.75, 3.05) is 45.3 Å². The van der Waals surface area contributed by atoms with Gasteiger partial charge in [0.15, 0.2) is 17.9 Å². The molecule has 1 amide bonds. The Labute approximate surface area is 200 Å². The Morgan fingerprint density at radius 2 is 1.80 bits per heavy atom. The second-order valence-electron chi connectivity index (χ2n) is 7.49. The summed E-state index contributed by atoms with van der Waals surface area (Å²) < 4.78 is 47.1. The summed E-state index contributed by atoms with van der Waals surface area (Å²) in [5, 5.41) is 2.95. The Morgan fingerprint density at radius 1 is 1.09 bits per heavy atom. The number of nitrogens with one attached hydrogen (secondary N) is 1. The van der Waals surface area contributed by atoms with E-state index in [0.29, 0.717) is 30.0 Å². The number of sulfonamides is 1. The van der Waals surface area contributed by atoms with Crippen LogP contribution in [-0.2, 0) is 24.3 Å². The molecule has 0 radical (unpaired) electrons. The van der Waals surface area contributed by atoms with E-state index in [2.05, 4.69) is 5.32 Å². The summed E-state index contributed by atoms with van der Waals surface area (Å²) in [5.74, 6) is -1.36. The van der Waals surface area contributed by atoms with Crippen LogP contribution >= 0.6 is 0 Å². The Balaban J connectivity index is 1.37. The summed E-state index contributed by atoms with van der Waals surface area (Å²) in [6.07, 6.45) is 0. The van der Waals surface area contributed by atoms with Gasteiger partial charge in [-0.3, -0.25) is 4.79 Å². The molecular weight excluding hydrogens is 480 g/mol. The lowest BCUT2D eigenvalue weighted by Crippen LogP contribution is -2.40. The first-order valence-electron chi connectivity index (χ1n) is 10.6. The predicted molar refractivity (Wildman–Crippen MR) is 124 cm³/mol.